The van der Waals surface area contributed by atoms with Crippen molar-refractivity contribution in [2.45, 2.75) is 33.6 Å². The molecule has 184 valence electrons. The molecule has 0 bridgehead atoms. The molecule has 0 saturated heterocycles. The van der Waals surface area contributed by atoms with Gasteiger partial charge >= 0.3 is 5.97 Å². The summed E-state index contributed by atoms with van der Waals surface area (Å²) >= 11 is 0. The lowest BCUT2D eigenvalue weighted by Gasteiger charge is -2.20. The van der Waals surface area contributed by atoms with E-state index < -0.39 is 5.41 Å². The first-order valence-corrected chi connectivity index (χ1v) is 12.6. The van der Waals surface area contributed by atoms with Crippen LogP contribution in [-0.2, 0) is 16.0 Å². The van der Waals surface area contributed by atoms with Gasteiger partial charge in [-0.25, -0.2) is 28.2 Å². The zero-order valence-corrected chi connectivity index (χ0v) is 21.0. The highest BCUT2D eigenvalue weighted by molar-refractivity contribution is 5.91. The molecule has 0 aliphatic rings. The summed E-state index contributed by atoms with van der Waals surface area (Å²) in [5.41, 5.74) is 6.20. The van der Waals surface area contributed by atoms with Crippen LogP contribution in [0.5, 0.6) is 0 Å². The molecular formula is C29H26N6O2. The van der Waals surface area contributed by atoms with Crippen LogP contribution in [0.2, 0.25) is 0 Å². The molecular weight excluding hydrogens is 464 g/mol. The van der Waals surface area contributed by atoms with Crippen LogP contribution >= 0.6 is 0 Å². The number of benzene rings is 3. The lowest BCUT2D eigenvalue weighted by Crippen LogP contribution is -2.26. The van der Waals surface area contributed by atoms with Crippen molar-refractivity contribution >= 4 is 56.4 Å². The molecule has 0 atom stereocenters. The van der Waals surface area contributed by atoms with E-state index in [-0.39, 0.29) is 5.97 Å². The number of fused-ring (bicyclic) bond motifs is 12. The van der Waals surface area contributed by atoms with Gasteiger partial charge in [0.25, 0.3) is 0 Å². The van der Waals surface area contributed by atoms with E-state index in [1.807, 2.05) is 57.2 Å². The van der Waals surface area contributed by atoms with Crippen LogP contribution < -0.4 is 0 Å². The van der Waals surface area contributed by atoms with Gasteiger partial charge in [0.05, 0.1) is 45.1 Å². The number of hydrogen-bond acceptors (Lipinski definition) is 5. The van der Waals surface area contributed by atoms with Crippen LogP contribution in [-0.4, -0.2) is 40.7 Å². The molecule has 0 aliphatic heterocycles. The molecule has 0 fully saturated rings. The van der Waals surface area contributed by atoms with Crippen LogP contribution in [0.1, 0.15) is 32.8 Å². The zero-order valence-electron chi connectivity index (χ0n) is 21.0. The number of carbonyl (C=O) groups is 1. The van der Waals surface area contributed by atoms with Crippen LogP contribution in [0.4, 0.5) is 0 Å². The Kier molecular flexibility index (Phi) is 4.58. The van der Waals surface area contributed by atoms with Gasteiger partial charge in [-0.3, -0.25) is 4.79 Å². The number of imidazole rings is 3. The average Bonchev–Trinajstić information content (AvgIpc) is 3.58. The van der Waals surface area contributed by atoms with Gasteiger partial charge in [-0.15, -0.1) is 0 Å². The molecule has 0 saturated carbocycles. The topological polar surface area (TPSA) is 78.2 Å². The Bertz CT molecular complexity index is 2000. The van der Waals surface area contributed by atoms with Gasteiger partial charge in [0, 0.05) is 6.42 Å². The molecule has 37 heavy (non-hydrogen) atoms. The molecule has 4 heterocycles. The molecule has 3 aromatic carbocycles. The van der Waals surface area contributed by atoms with E-state index in [1.165, 1.54) is 0 Å². The van der Waals surface area contributed by atoms with Gasteiger partial charge in [-0.1, -0.05) is 37.3 Å². The zero-order chi connectivity index (χ0) is 25.3. The molecule has 7 rings (SSSR count). The molecule has 0 spiro atoms. The lowest BCUT2D eigenvalue weighted by atomic mass is 9.91. The third-order valence-electron chi connectivity index (χ3n) is 7.45. The first-order chi connectivity index (χ1) is 18.0. The molecule has 0 unspecified atom stereocenters. The second-order valence-electron chi connectivity index (χ2n) is 10.2. The number of hydrogen-bond donors (Lipinski definition) is 0. The lowest BCUT2D eigenvalue weighted by molar-refractivity contribution is -0.154. The van der Waals surface area contributed by atoms with E-state index in [4.69, 9.17) is 19.7 Å². The average molecular weight is 491 g/mol. The van der Waals surface area contributed by atoms with Crippen LogP contribution in [0.15, 0.2) is 66.7 Å². The number of carbonyl (C=O) groups excluding carboxylic acids is 1. The number of nitrogens with zero attached hydrogens (tertiary/aromatic N) is 6. The quantitative estimate of drug-likeness (QED) is 0.293. The monoisotopic (exact) mass is 490 g/mol. The highest BCUT2D eigenvalue weighted by atomic mass is 16.5. The molecule has 8 nitrogen and oxygen atoms in total. The van der Waals surface area contributed by atoms with Crippen LogP contribution in [0.3, 0.4) is 0 Å². The van der Waals surface area contributed by atoms with Gasteiger partial charge in [-0.2, -0.15) is 0 Å². The number of esters is 1. The summed E-state index contributed by atoms with van der Waals surface area (Å²) < 4.78 is 11.9. The van der Waals surface area contributed by atoms with Crippen molar-refractivity contribution in [3.05, 3.63) is 72.3 Å². The van der Waals surface area contributed by atoms with Gasteiger partial charge in [-0.05, 0) is 62.2 Å². The highest BCUT2D eigenvalue weighted by Crippen LogP contribution is 2.29. The summed E-state index contributed by atoms with van der Waals surface area (Å²) in [5, 5.41) is 0. The molecule has 0 radical (unpaired) electrons. The molecule has 0 amide bonds. The first kappa shape index (κ1) is 21.8. The maximum absolute atomic E-state index is 12.4. The van der Waals surface area contributed by atoms with Gasteiger partial charge in [0.15, 0.2) is 0 Å². The van der Waals surface area contributed by atoms with Crippen molar-refractivity contribution in [2.75, 3.05) is 6.61 Å². The summed E-state index contributed by atoms with van der Waals surface area (Å²) in [7, 11) is 0. The van der Waals surface area contributed by atoms with Crippen molar-refractivity contribution < 1.29 is 9.53 Å². The van der Waals surface area contributed by atoms with Crippen LogP contribution in [0.25, 0.3) is 50.4 Å². The Labute approximate surface area is 212 Å². The SMILES string of the molecule is CCC(C)(C)C(=O)OCCc1ccc2c(c1)nc1n3c4ccccc4nc3n3c4ccccc4nc3n21. The number of ether oxygens (including phenoxy) is 1. The smallest absolute Gasteiger partial charge is 0.311 e. The van der Waals surface area contributed by atoms with Gasteiger partial charge in [0.2, 0.25) is 17.3 Å². The summed E-state index contributed by atoms with van der Waals surface area (Å²) in [4.78, 5) is 27.4. The van der Waals surface area contributed by atoms with E-state index in [9.17, 15) is 4.79 Å². The minimum absolute atomic E-state index is 0.160. The number of aromatic nitrogens is 6. The van der Waals surface area contributed by atoms with Crippen LogP contribution in [0, 0.1) is 5.41 Å². The predicted molar refractivity (Wildman–Crippen MR) is 144 cm³/mol. The Morgan fingerprint density at radius 2 is 1.27 bits per heavy atom. The fourth-order valence-corrected chi connectivity index (χ4v) is 4.94. The second-order valence-corrected chi connectivity index (χ2v) is 10.2. The van der Waals surface area contributed by atoms with Gasteiger partial charge in [0.1, 0.15) is 0 Å². The fraction of sp³-hybridized carbons (Fsp3) is 0.241. The third kappa shape index (κ3) is 3.15. The van der Waals surface area contributed by atoms with E-state index >= 15 is 0 Å². The Morgan fingerprint density at radius 1 is 0.757 bits per heavy atom. The number of rotatable bonds is 5. The Balaban J connectivity index is 1.43. The van der Waals surface area contributed by atoms with E-state index in [0.29, 0.717) is 13.0 Å². The molecule has 0 aliphatic carbocycles. The minimum Gasteiger partial charge on any atom is -0.465 e. The predicted octanol–water partition coefficient (Wildman–Crippen LogP) is 5.61. The van der Waals surface area contributed by atoms with E-state index in [1.54, 1.807) is 0 Å². The summed E-state index contributed by atoms with van der Waals surface area (Å²) in [6.07, 6.45) is 1.37. The maximum Gasteiger partial charge on any atom is 0.311 e. The Hall–Kier alpha value is -4.46. The third-order valence-corrected chi connectivity index (χ3v) is 7.45. The van der Waals surface area contributed by atoms with Crippen molar-refractivity contribution in [2.24, 2.45) is 5.41 Å². The molecule has 8 heteroatoms. The highest BCUT2D eigenvalue weighted by Gasteiger charge is 2.27. The van der Waals surface area contributed by atoms with E-state index in [2.05, 4.69) is 43.5 Å². The van der Waals surface area contributed by atoms with Crippen molar-refractivity contribution in [3.63, 3.8) is 0 Å². The van der Waals surface area contributed by atoms with Gasteiger partial charge < -0.3 is 4.74 Å². The second kappa shape index (κ2) is 7.77. The molecule has 4 aromatic heterocycles. The summed E-state index contributed by atoms with van der Waals surface area (Å²) in [6.45, 7) is 6.17. The standard InChI is InChI=1S/C29H26N6O2/c1-4-29(2,3)25(36)37-16-15-18-13-14-24-21(17-18)32-28-34-23-12-8-6-10-20(23)30-26(34)33-22-11-7-5-9-19(22)31-27(33)35(24)28/h5-14,17H,4,15-16H2,1-3H3. The van der Waals surface area contributed by atoms with E-state index in [0.717, 1.165) is 62.4 Å². The molecule has 7 aromatic rings. The van der Waals surface area contributed by atoms with Crippen molar-refractivity contribution in [3.8, 4) is 0 Å². The number of para-hydroxylation sites is 4. The normalized spacial score (nSPS) is 12.6. The summed E-state index contributed by atoms with van der Waals surface area (Å²) in [5.74, 6) is 2.14. The van der Waals surface area contributed by atoms with Crippen molar-refractivity contribution in [1.82, 2.24) is 28.2 Å². The first-order valence-electron chi connectivity index (χ1n) is 12.6. The minimum atomic E-state index is -0.469. The van der Waals surface area contributed by atoms with Crippen molar-refractivity contribution in [1.29, 1.82) is 0 Å². The largest absolute Gasteiger partial charge is 0.465 e. The molecule has 0 N–H and O–H groups in total. The summed E-state index contributed by atoms with van der Waals surface area (Å²) in [6, 6.07) is 22.4. The fourth-order valence-electron chi connectivity index (χ4n) is 4.94. The maximum atomic E-state index is 12.4. The Morgan fingerprint density at radius 3 is 1.84 bits per heavy atom.